The molecule has 1 aliphatic heterocycles. The number of nitrogens with one attached hydrogen (secondary N) is 1. The molecule has 1 fully saturated rings. The molecular weight excluding hydrogens is 445 g/mol. The third kappa shape index (κ3) is 5.76. The number of aromatic nitrogens is 6. The number of carbonyl (C=O) groups excluding carboxylic acids is 1. The second-order valence-electron chi connectivity index (χ2n) is 7.91. The summed E-state index contributed by atoms with van der Waals surface area (Å²) in [5, 5.41) is 24.3. The van der Waals surface area contributed by atoms with Crippen molar-refractivity contribution in [3.8, 4) is 11.5 Å². The van der Waals surface area contributed by atoms with Gasteiger partial charge in [0, 0.05) is 6.54 Å². The number of ether oxygens (including phenoxy) is 2. The summed E-state index contributed by atoms with van der Waals surface area (Å²) in [6.45, 7) is 4.61. The van der Waals surface area contributed by atoms with Gasteiger partial charge in [-0.05, 0) is 41.8 Å². The Labute approximate surface area is 195 Å². The van der Waals surface area contributed by atoms with Crippen molar-refractivity contribution < 1.29 is 23.8 Å². The van der Waals surface area contributed by atoms with Gasteiger partial charge in [0.15, 0.2) is 0 Å². The van der Waals surface area contributed by atoms with Crippen LogP contribution in [-0.2, 0) is 29.0 Å². The van der Waals surface area contributed by atoms with E-state index in [-0.39, 0.29) is 42.7 Å². The lowest BCUT2D eigenvalue weighted by Crippen LogP contribution is -2.40. The number of hydrogen-bond acceptors (Lipinski definition) is 9. The number of benzene rings is 1. The van der Waals surface area contributed by atoms with Gasteiger partial charge in [0.05, 0.1) is 26.4 Å². The normalized spacial score (nSPS) is 18.1. The van der Waals surface area contributed by atoms with Crippen LogP contribution in [0.3, 0.4) is 0 Å². The summed E-state index contributed by atoms with van der Waals surface area (Å²) in [6.07, 6.45) is -0.0161. The highest BCUT2D eigenvalue weighted by Crippen LogP contribution is 2.15. The number of halogens is 1. The molecule has 1 amide bonds. The lowest BCUT2D eigenvalue weighted by Gasteiger charge is -2.27. The van der Waals surface area contributed by atoms with Crippen molar-refractivity contribution in [2.75, 3.05) is 19.8 Å². The largest absolute Gasteiger partial charge is 0.394 e. The van der Waals surface area contributed by atoms with E-state index in [0.29, 0.717) is 43.3 Å². The number of aliphatic hydroxyl groups is 1. The summed E-state index contributed by atoms with van der Waals surface area (Å²) >= 11 is 0. The van der Waals surface area contributed by atoms with Crippen LogP contribution in [0.4, 0.5) is 4.39 Å². The summed E-state index contributed by atoms with van der Waals surface area (Å²) in [6, 6.07) is 6.27. The molecule has 0 spiro atoms. The zero-order valence-electron chi connectivity index (χ0n) is 18.9. The SMILES string of the molecule is CCc1cc(CNC(=O)c2cc(-c3nnn(C[C@H]4CO[C@H](CO)CO4)n3)nc(C)n2)ccc1F. The van der Waals surface area contributed by atoms with Crippen LogP contribution >= 0.6 is 0 Å². The molecule has 1 aliphatic rings. The van der Waals surface area contributed by atoms with Gasteiger partial charge in [-0.15, -0.1) is 10.2 Å². The van der Waals surface area contributed by atoms with Crippen LogP contribution in [0.15, 0.2) is 24.3 Å². The summed E-state index contributed by atoms with van der Waals surface area (Å²) < 4.78 is 24.8. The van der Waals surface area contributed by atoms with Gasteiger partial charge in [0.2, 0.25) is 5.82 Å². The Morgan fingerprint density at radius 1 is 1.24 bits per heavy atom. The fraction of sp³-hybridized carbons (Fsp3) is 0.455. The van der Waals surface area contributed by atoms with Gasteiger partial charge >= 0.3 is 0 Å². The van der Waals surface area contributed by atoms with E-state index >= 15 is 0 Å². The number of rotatable bonds is 8. The smallest absolute Gasteiger partial charge is 0.270 e. The number of carbonyl (C=O) groups is 1. The molecule has 4 rings (SSSR count). The Morgan fingerprint density at radius 3 is 2.76 bits per heavy atom. The summed E-state index contributed by atoms with van der Waals surface area (Å²) in [4.78, 5) is 22.6. The van der Waals surface area contributed by atoms with Gasteiger partial charge in [-0.1, -0.05) is 19.1 Å². The molecule has 3 heterocycles. The molecular formula is C22H26FN7O4. The van der Waals surface area contributed by atoms with E-state index in [4.69, 9.17) is 14.6 Å². The zero-order chi connectivity index (χ0) is 24.1. The monoisotopic (exact) mass is 471 g/mol. The predicted molar refractivity (Wildman–Crippen MR) is 117 cm³/mol. The van der Waals surface area contributed by atoms with E-state index < -0.39 is 5.91 Å². The number of amides is 1. The Balaban J connectivity index is 1.41. The lowest BCUT2D eigenvalue weighted by molar-refractivity contribution is -0.150. The van der Waals surface area contributed by atoms with Crippen LogP contribution in [-0.4, -0.2) is 73.2 Å². The van der Waals surface area contributed by atoms with Gasteiger partial charge in [-0.2, -0.15) is 4.80 Å². The lowest BCUT2D eigenvalue weighted by atomic mass is 10.1. The first kappa shape index (κ1) is 23.8. The standard InChI is InChI=1S/C22H26FN7O4/c1-3-15-6-14(4-5-18(15)23)8-24-22(32)20-7-19(25-13(2)26-20)21-27-29-30(28-21)9-16-11-34-17(10-31)12-33-16/h4-7,16-17,31H,3,8-12H2,1-2H3,(H,24,32)/t16-,17+/m0/s1. The minimum absolute atomic E-state index is 0.0922. The van der Waals surface area contributed by atoms with E-state index in [1.807, 2.05) is 6.92 Å². The van der Waals surface area contributed by atoms with Crippen molar-refractivity contribution in [1.29, 1.82) is 0 Å². The molecule has 0 radical (unpaired) electrons. The summed E-state index contributed by atoms with van der Waals surface area (Å²) in [7, 11) is 0. The molecule has 2 aromatic heterocycles. The topological polar surface area (TPSA) is 137 Å². The molecule has 34 heavy (non-hydrogen) atoms. The maximum absolute atomic E-state index is 13.7. The third-order valence-corrected chi connectivity index (χ3v) is 5.30. The molecule has 0 unspecified atom stereocenters. The quantitative estimate of drug-likeness (QED) is 0.490. The van der Waals surface area contributed by atoms with Crippen molar-refractivity contribution in [2.45, 2.75) is 45.6 Å². The van der Waals surface area contributed by atoms with Crippen LogP contribution in [0.5, 0.6) is 0 Å². The van der Waals surface area contributed by atoms with E-state index in [9.17, 15) is 9.18 Å². The second-order valence-corrected chi connectivity index (χ2v) is 7.91. The first-order valence-electron chi connectivity index (χ1n) is 11.0. The van der Waals surface area contributed by atoms with Crippen LogP contribution in [0.25, 0.3) is 11.5 Å². The third-order valence-electron chi connectivity index (χ3n) is 5.30. The zero-order valence-corrected chi connectivity index (χ0v) is 18.9. The number of aryl methyl sites for hydroxylation is 2. The fourth-order valence-corrected chi connectivity index (χ4v) is 3.48. The molecule has 1 aromatic carbocycles. The number of hydrogen-bond donors (Lipinski definition) is 2. The molecule has 0 bridgehead atoms. The number of tetrazole rings is 1. The van der Waals surface area contributed by atoms with E-state index in [1.165, 1.54) is 16.9 Å². The van der Waals surface area contributed by atoms with E-state index in [1.54, 1.807) is 19.1 Å². The van der Waals surface area contributed by atoms with E-state index in [2.05, 4.69) is 30.7 Å². The molecule has 0 aliphatic carbocycles. The van der Waals surface area contributed by atoms with Gasteiger partial charge in [-0.25, -0.2) is 14.4 Å². The molecule has 180 valence electrons. The Bertz CT molecular complexity index is 1150. The highest BCUT2D eigenvalue weighted by molar-refractivity contribution is 5.93. The van der Waals surface area contributed by atoms with Crippen molar-refractivity contribution >= 4 is 5.91 Å². The summed E-state index contributed by atoms with van der Waals surface area (Å²) in [5.41, 5.74) is 1.91. The molecule has 0 saturated carbocycles. The highest BCUT2D eigenvalue weighted by atomic mass is 19.1. The van der Waals surface area contributed by atoms with Crippen molar-refractivity contribution in [1.82, 2.24) is 35.5 Å². The molecule has 2 N–H and O–H groups in total. The predicted octanol–water partition coefficient (Wildman–Crippen LogP) is 0.846. The van der Waals surface area contributed by atoms with Crippen molar-refractivity contribution in [2.24, 2.45) is 0 Å². The first-order chi connectivity index (χ1) is 16.4. The molecule has 1 saturated heterocycles. The highest BCUT2D eigenvalue weighted by Gasteiger charge is 2.23. The Kier molecular flexibility index (Phi) is 7.50. The number of nitrogens with zero attached hydrogens (tertiary/aromatic N) is 6. The maximum Gasteiger partial charge on any atom is 0.270 e. The van der Waals surface area contributed by atoms with Gasteiger partial charge in [0.25, 0.3) is 5.91 Å². The van der Waals surface area contributed by atoms with Gasteiger partial charge in [0.1, 0.15) is 35.2 Å². The molecule has 3 aromatic rings. The van der Waals surface area contributed by atoms with Crippen LogP contribution in [0.1, 0.15) is 34.4 Å². The van der Waals surface area contributed by atoms with E-state index in [0.717, 1.165) is 5.56 Å². The second kappa shape index (κ2) is 10.7. The van der Waals surface area contributed by atoms with Crippen LogP contribution in [0, 0.1) is 12.7 Å². The Morgan fingerprint density at radius 2 is 2.03 bits per heavy atom. The van der Waals surface area contributed by atoms with Crippen LogP contribution < -0.4 is 5.32 Å². The average molecular weight is 471 g/mol. The number of aliphatic hydroxyl groups excluding tert-OH is 1. The Hall–Kier alpha value is -3.35. The minimum atomic E-state index is -0.396. The minimum Gasteiger partial charge on any atom is -0.394 e. The van der Waals surface area contributed by atoms with Gasteiger partial charge in [-0.3, -0.25) is 4.79 Å². The summed E-state index contributed by atoms with van der Waals surface area (Å²) in [5.74, 6) is -0.0254. The van der Waals surface area contributed by atoms with Crippen molar-refractivity contribution in [3.63, 3.8) is 0 Å². The average Bonchev–Trinajstić information content (AvgIpc) is 3.32. The molecule has 12 heteroatoms. The first-order valence-corrected chi connectivity index (χ1v) is 11.0. The molecule has 2 atom stereocenters. The van der Waals surface area contributed by atoms with Crippen molar-refractivity contribution in [3.05, 3.63) is 52.7 Å². The van der Waals surface area contributed by atoms with Crippen LogP contribution in [0.2, 0.25) is 0 Å². The molecule has 11 nitrogen and oxygen atoms in total. The maximum atomic E-state index is 13.7. The fourth-order valence-electron chi connectivity index (χ4n) is 3.48. The van der Waals surface area contributed by atoms with Gasteiger partial charge < -0.3 is 19.9 Å².